The van der Waals surface area contributed by atoms with Crippen LogP contribution in [0.4, 0.5) is 4.79 Å². The summed E-state index contributed by atoms with van der Waals surface area (Å²) in [5, 5.41) is 7.22. The maximum Gasteiger partial charge on any atom is 0.317 e. The van der Waals surface area contributed by atoms with Gasteiger partial charge in [-0.1, -0.05) is 6.92 Å². The van der Waals surface area contributed by atoms with Gasteiger partial charge in [-0.25, -0.2) is 13.2 Å². The van der Waals surface area contributed by atoms with Crippen LogP contribution in [-0.2, 0) is 16.9 Å². The second-order valence-electron chi connectivity index (χ2n) is 6.87. The number of urea groups is 1. The Kier molecular flexibility index (Phi) is 3.47. The van der Waals surface area contributed by atoms with E-state index in [4.69, 9.17) is 0 Å². The molecule has 0 aromatic carbocycles. The number of aryl methyl sites for hydroxylation is 1. The van der Waals surface area contributed by atoms with Gasteiger partial charge in [0.2, 0.25) is 0 Å². The number of carbonyl (C=O) groups is 1. The minimum absolute atomic E-state index is 0.0495. The zero-order chi connectivity index (χ0) is 16.1. The molecule has 22 heavy (non-hydrogen) atoms. The predicted molar refractivity (Wildman–Crippen MR) is 82.0 cm³/mol. The molecule has 7 nitrogen and oxygen atoms in total. The molecular formula is C14H22N4O3S. The summed E-state index contributed by atoms with van der Waals surface area (Å²) < 4.78 is 25.2. The van der Waals surface area contributed by atoms with Crippen molar-refractivity contribution < 1.29 is 13.2 Å². The van der Waals surface area contributed by atoms with Crippen molar-refractivity contribution in [2.45, 2.75) is 19.9 Å². The number of fused-ring (bicyclic) bond motifs is 1. The molecule has 0 radical (unpaired) electrons. The van der Waals surface area contributed by atoms with Gasteiger partial charge in [-0.05, 0) is 18.9 Å². The second kappa shape index (κ2) is 4.97. The van der Waals surface area contributed by atoms with Gasteiger partial charge in [-0.3, -0.25) is 4.68 Å². The predicted octanol–water partition coefficient (Wildman–Crippen LogP) is 0.557. The van der Waals surface area contributed by atoms with Crippen LogP contribution >= 0.6 is 0 Å². The van der Waals surface area contributed by atoms with Crippen LogP contribution in [0, 0.1) is 11.3 Å². The van der Waals surface area contributed by atoms with Gasteiger partial charge in [-0.2, -0.15) is 5.10 Å². The molecule has 2 amide bonds. The van der Waals surface area contributed by atoms with Gasteiger partial charge in [0.25, 0.3) is 0 Å². The van der Waals surface area contributed by atoms with E-state index in [2.05, 4.69) is 10.4 Å². The molecule has 1 unspecified atom stereocenters. The normalized spacial score (nSPS) is 31.0. The summed E-state index contributed by atoms with van der Waals surface area (Å²) >= 11 is 0. The van der Waals surface area contributed by atoms with Crippen LogP contribution in [0.25, 0.3) is 0 Å². The van der Waals surface area contributed by atoms with E-state index in [1.807, 2.05) is 33.2 Å². The van der Waals surface area contributed by atoms with Crippen molar-refractivity contribution in [3.63, 3.8) is 0 Å². The van der Waals surface area contributed by atoms with E-state index < -0.39 is 9.84 Å². The van der Waals surface area contributed by atoms with Crippen molar-refractivity contribution in [3.8, 4) is 0 Å². The first-order chi connectivity index (χ1) is 10.2. The number of nitrogens with one attached hydrogen (secondary N) is 1. The molecule has 0 saturated carbocycles. The lowest BCUT2D eigenvalue weighted by atomic mass is 9.84. The summed E-state index contributed by atoms with van der Waals surface area (Å²) in [4.78, 5) is 14.1. The van der Waals surface area contributed by atoms with Gasteiger partial charge in [0.05, 0.1) is 23.2 Å². The summed E-state index contributed by atoms with van der Waals surface area (Å²) in [7, 11) is -1.11. The summed E-state index contributed by atoms with van der Waals surface area (Å²) in [6.07, 6.45) is 1.84. The van der Waals surface area contributed by atoms with Gasteiger partial charge < -0.3 is 10.2 Å². The summed E-state index contributed by atoms with van der Waals surface area (Å²) in [5.74, 6) is 0.432. The van der Waals surface area contributed by atoms with Crippen LogP contribution in [0.1, 0.15) is 25.6 Å². The molecule has 8 heteroatoms. The van der Waals surface area contributed by atoms with Crippen LogP contribution in [0.15, 0.2) is 12.3 Å². The van der Waals surface area contributed by atoms with Crippen molar-refractivity contribution in [1.29, 1.82) is 0 Å². The first-order valence-corrected chi connectivity index (χ1v) is 9.26. The average Bonchev–Trinajstić information content (AvgIpc) is 2.98. The number of hydrogen-bond donors (Lipinski definition) is 1. The standard InChI is InChI=1S/C14H22N4O3S/c1-10(12-4-5-17(3)16-12)15-13(19)18-6-11-7-22(20,21)9-14(11,2)8-18/h4-5,10-11H,6-9H2,1-3H3,(H,15,19)/t10?,11-,14+/m1/s1. The van der Waals surface area contributed by atoms with Crippen molar-refractivity contribution in [2.75, 3.05) is 24.6 Å². The van der Waals surface area contributed by atoms with Crippen LogP contribution < -0.4 is 5.32 Å². The van der Waals surface area contributed by atoms with Crippen molar-refractivity contribution in [3.05, 3.63) is 18.0 Å². The van der Waals surface area contributed by atoms with Crippen molar-refractivity contribution in [2.24, 2.45) is 18.4 Å². The molecule has 1 aromatic rings. The lowest BCUT2D eigenvalue weighted by Crippen LogP contribution is -2.41. The highest BCUT2D eigenvalue weighted by molar-refractivity contribution is 7.91. The lowest BCUT2D eigenvalue weighted by molar-refractivity contribution is 0.200. The zero-order valence-corrected chi connectivity index (χ0v) is 13.9. The molecule has 1 aromatic heterocycles. The Morgan fingerprint density at radius 1 is 1.55 bits per heavy atom. The van der Waals surface area contributed by atoms with Crippen molar-refractivity contribution in [1.82, 2.24) is 20.0 Å². The van der Waals surface area contributed by atoms with Gasteiger partial charge in [0.15, 0.2) is 9.84 Å². The van der Waals surface area contributed by atoms with E-state index in [1.165, 1.54) is 0 Å². The molecule has 3 heterocycles. The average molecular weight is 326 g/mol. The SMILES string of the molecule is CC(NC(=O)N1C[C@@H]2CS(=O)(=O)C[C@]2(C)C1)c1ccn(C)n1. The highest BCUT2D eigenvalue weighted by Gasteiger charge is 2.53. The molecule has 3 rings (SSSR count). The highest BCUT2D eigenvalue weighted by Crippen LogP contribution is 2.43. The van der Waals surface area contributed by atoms with Gasteiger partial charge in [0, 0.05) is 31.7 Å². The highest BCUT2D eigenvalue weighted by atomic mass is 32.2. The number of aromatic nitrogens is 2. The molecular weight excluding hydrogens is 304 g/mol. The summed E-state index contributed by atoms with van der Waals surface area (Å²) in [5.41, 5.74) is 0.508. The van der Waals surface area contributed by atoms with Crippen molar-refractivity contribution >= 4 is 15.9 Å². The molecule has 122 valence electrons. The molecule has 2 saturated heterocycles. The van der Waals surface area contributed by atoms with E-state index in [1.54, 1.807) is 9.58 Å². The Morgan fingerprint density at radius 2 is 2.27 bits per heavy atom. The summed E-state index contributed by atoms with van der Waals surface area (Å²) in [6, 6.07) is 1.55. The van der Waals surface area contributed by atoms with E-state index in [9.17, 15) is 13.2 Å². The van der Waals surface area contributed by atoms with Crippen LogP contribution in [0.5, 0.6) is 0 Å². The molecule has 2 fully saturated rings. The number of likely N-dealkylation sites (tertiary alicyclic amines) is 1. The first kappa shape index (κ1) is 15.3. The van der Waals surface area contributed by atoms with E-state index in [0.717, 1.165) is 5.69 Å². The molecule has 1 N–H and O–H groups in total. The van der Waals surface area contributed by atoms with Crippen LogP contribution in [-0.4, -0.2) is 53.7 Å². The van der Waals surface area contributed by atoms with Gasteiger partial charge in [0.1, 0.15) is 0 Å². The second-order valence-corrected chi connectivity index (χ2v) is 8.98. The smallest absolute Gasteiger partial charge is 0.317 e. The number of rotatable bonds is 2. The lowest BCUT2D eigenvalue weighted by Gasteiger charge is -2.23. The molecule has 0 aliphatic carbocycles. The fraction of sp³-hybridized carbons (Fsp3) is 0.714. The topological polar surface area (TPSA) is 84.3 Å². The number of amides is 2. The van der Waals surface area contributed by atoms with Gasteiger partial charge >= 0.3 is 6.03 Å². The Bertz CT molecular complexity index is 699. The number of carbonyl (C=O) groups excluding carboxylic acids is 1. The Morgan fingerprint density at radius 3 is 2.86 bits per heavy atom. The minimum atomic E-state index is -2.95. The molecule has 2 aliphatic heterocycles. The van der Waals surface area contributed by atoms with E-state index in [-0.39, 0.29) is 34.9 Å². The van der Waals surface area contributed by atoms with Crippen LogP contribution in [0.2, 0.25) is 0 Å². The number of hydrogen-bond acceptors (Lipinski definition) is 4. The largest absolute Gasteiger partial charge is 0.330 e. The van der Waals surface area contributed by atoms with E-state index in [0.29, 0.717) is 13.1 Å². The Hall–Kier alpha value is -1.57. The Labute approximate surface area is 130 Å². The fourth-order valence-electron chi connectivity index (χ4n) is 3.57. The van der Waals surface area contributed by atoms with Gasteiger partial charge in [-0.15, -0.1) is 0 Å². The minimum Gasteiger partial charge on any atom is -0.330 e. The molecule has 3 atom stereocenters. The third kappa shape index (κ3) is 2.71. The molecule has 0 bridgehead atoms. The van der Waals surface area contributed by atoms with Crippen LogP contribution in [0.3, 0.4) is 0 Å². The molecule has 0 spiro atoms. The first-order valence-electron chi connectivity index (χ1n) is 7.44. The maximum atomic E-state index is 12.4. The van der Waals surface area contributed by atoms with E-state index >= 15 is 0 Å². The molecule has 2 aliphatic rings. The third-order valence-corrected chi connectivity index (χ3v) is 6.80. The Balaban J connectivity index is 1.63. The quantitative estimate of drug-likeness (QED) is 0.860. The monoisotopic (exact) mass is 326 g/mol. The zero-order valence-electron chi connectivity index (χ0n) is 13.1. The summed E-state index contributed by atoms with van der Waals surface area (Å²) in [6.45, 7) is 4.87. The number of nitrogens with zero attached hydrogens (tertiary/aromatic N) is 3. The number of sulfone groups is 1. The fourth-order valence-corrected chi connectivity index (χ4v) is 6.14. The maximum absolute atomic E-state index is 12.4. The third-order valence-electron chi connectivity index (χ3n) is 4.79.